The van der Waals surface area contributed by atoms with Crippen molar-refractivity contribution in [2.45, 2.75) is 11.4 Å². The molecule has 0 saturated heterocycles. The maximum Gasteiger partial charge on any atom is 0.128 e. The Morgan fingerprint density at radius 1 is 1.27 bits per heavy atom. The zero-order chi connectivity index (χ0) is 15.5. The summed E-state index contributed by atoms with van der Waals surface area (Å²) in [4.78, 5) is 20.0. The zero-order valence-corrected chi connectivity index (χ0v) is 13.7. The Balaban J connectivity index is 2.00. The molecule has 0 radical (unpaired) electrons. The van der Waals surface area contributed by atoms with Gasteiger partial charge in [0.15, 0.2) is 0 Å². The van der Waals surface area contributed by atoms with E-state index in [1.165, 1.54) is 18.1 Å². The molecule has 7 heteroatoms. The summed E-state index contributed by atoms with van der Waals surface area (Å²) in [5.74, 6) is -0.634. The molecular weight excluding hydrogens is 340 g/mol. The highest BCUT2D eigenvalue weighted by molar-refractivity contribution is 7.99. The van der Waals surface area contributed by atoms with Gasteiger partial charge in [-0.1, -0.05) is 23.7 Å². The largest absolute Gasteiger partial charge is 0.550 e. The van der Waals surface area contributed by atoms with Crippen LogP contribution >= 0.6 is 34.7 Å². The second kappa shape index (κ2) is 6.64. The molecule has 0 aliphatic carbocycles. The Hall–Kier alpha value is -1.63. The van der Waals surface area contributed by atoms with Crippen LogP contribution in [0.5, 0.6) is 0 Å². The number of halogens is 1. The van der Waals surface area contributed by atoms with Crippen LogP contribution in [0.1, 0.15) is 6.42 Å². The second-order valence-corrected chi connectivity index (χ2v) is 6.86. The van der Waals surface area contributed by atoms with E-state index in [4.69, 9.17) is 11.6 Å². The van der Waals surface area contributed by atoms with Crippen LogP contribution in [0, 0.1) is 0 Å². The number of hydrogen-bond acceptors (Lipinski definition) is 6. The van der Waals surface area contributed by atoms with Crippen LogP contribution in [-0.2, 0) is 4.79 Å². The average molecular weight is 350 g/mol. The Labute approximate surface area is 140 Å². The van der Waals surface area contributed by atoms with E-state index in [0.29, 0.717) is 10.8 Å². The molecule has 112 valence electrons. The SMILES string of the molecule is O=C([O-])CCSc1ncnc2scc(-c3ccc(Cl)cc3)c12. The number of carbonyl (C=O) groups excluding carboxylic acids is 1. The Kier molecular flexibility index (Phi) is 4.61. The summed E-state index contributed by atoms with van der Waals surface area (Å²) in [6.07, 6.45) is 1.50. The Morgan fingerprint density at radius 3 is 2.77 bits per heavy atom. The normalized spacial score (nSPS) is 11.0. The van der Waals surface area contributed by atoms with Gasteiger partial charge in [0.2, 0.25) is 0 Å². The molecule has 0 N–H and O–H groups in total. The molecule has 0 unspecified atom stereocenters. The summed E-state index contributed by atoms with van der Waals surface area (Å²) in [5, 5.41) is 15.0. The fourth-order valence-corrected chi connectivity index (χ4v) is 4.07. The van der Waals surface area contributed by atoms with E-state index in [-0.39, 0.29) is 6.42 Å². The predicted molar refractivity (Wildman–Crippen MR) is 88.2 cm³/mol. The van der Waals surface area contributed by atoms with Crippen molar-refractivity contribution in [3.8, 4) is 11.1 Å². The third-order valence-electron chi connectivity index (χ3n) is 3.04. The number of thioether (sulfide) groups is 1. The average Bonchev–Trinajstić information content (AvgIpc) is 2.93. The minimum absolute atomic E-state index is 0.00339. The van der Waals surface area contributed by atoms with Crippen molar-refractivity contribution in [1.82, 2.24) is 9.97 Å². The molecule has 0 saturated carbocycles. The molecule has 0 atom stereocenters. The van der Waals surface area contributed by atoms with Gasteiger partial charge in [0.1, 0.15) is 16.2 Å². The summed E-state index contributed by atoms with van der Waals surface area (Å²) >= 11 is 8.88. The van der Waals surface area contributed by atoms with Crippen LogP contribution in [0.2, 0.25) is 5.02 Å². The fraction of sp³-hybridized carbons (Fsp3) is 0.133. The van der Waals surface area contributed by atoms with Gasteiger partial charge in [0.25, 0.3) is 0 Å². The molecule has 22 heavy (non-hydrogen) atoms. The van der Waals surface area contributed by atoms with E-state index >= 15 is 0 Å². The van der Waals surface area contributed by atoms with Crippen LogP contribution in [0.25, 0.3) is 21.3 Å². The molecule has 2 heterocycles. The summed E-state index contributed by atoms with van der Waals surface area (Å²) in [6.45, 7) is 0. The van der Waals surface area contributed by atoms with Gasteiger partial charge in [0.05, 0.1) is 5.39 Å². The van der Waals surface area contributed by atoms with E-state index in [1.54, 1.807) is 11.3 Å². The van der Waals surface area contributed by atoms with Crippen LogP contribution in [-0.4, -0.2) is 21.7 Å². The topological polar surface area (TPSA) is 65.9 Å². The molecule has 4 nitrogen and oxygen atoms in total. The third-order valence-corrected chi connectivity index (χ3v) is 5.17. The first-order valence-electron chi connectivity index (χ1n) is 6.46. The Bertz CT molecular complexity index is 818. The molecule has 0 fully saturated rings. The monoisotopic (exact) mass is 349 g/mol. The lowest BCUT2D eigenvalue weighted by molar-refractivity contribution is -0.305. The quantitative estimate of drug-likeness (QED) is 0.522. The van der Waals surface area contributed by atoms with Gasteiger partial charge >= 0.3 is 0 Å². The van der Waals surface area contributed by atoms with Crippen LogP contribution in [0.15, 0.2) is 41.0 Å². The molecule has 3 rings (SSSR count). The highest BCUT2D eigenvalue weighted by atomic mass is 35.5. The lowest BCUT2D eigenvalue weighted by Gasteiger charge is -2.06. The number of carbonyl (C=O) groups is 1. The summed E-state index contributed by atoms with van der Waals surface area (Å²) in [6, 6.07) is 7.58. The third kappa shape index (κ3) is 3.24. The van der Waals surface area contributed by atoms with E-state index in [2.05, 4.69) is 9.97 Å². The number of carboxylic acid groups (broad SMARTS) is 1. The summed E-state index contributed by atoms with van der Waals surface area (Å²) in [7, 11) is 0. The molecule has 0 aliphatic rings. The van der Waals surface area contributed by atoms with Crippen LogP contribution in [0.4, 0.5) is 0 Å². The highest BCUT2D eigenvalue weighted by Crippen LogP contribution is 2.38. The van der Waals surface area contributed by atoms with Crippen molar-refractivity contribution in [1.29, 1.82) is 0 Å². The van der Waals surface area contributed by atoms with E-state index < -0.39 is 5.97 Å². The van der Waals surface area contributed by atoms with Gasteiger partial charge in [-0.2, -0.15) is 0 Å². The van der Waals surface area contributed by atoms with Gasteiger partial charge in [-0.3, -0.25) is 0 Å². The maximum atomic E-state index is 10.6. The van der Waals surface area contributed by atoms with Crippen molar-refractivity contribution in [3.63, 3.8) is 0 Å². The van der Waals surface area contributed by atoms with Crippen molar-refractivity contribution < 1.29 is 9.90 Å². The molecule has 0 amide bonds. The number of hydrogen-bond donors (Lipinski definition) is 0. The molecule has 0 aliphatic heterocycles. The number of aromatic nitrogens is 2. The Morgan fingerprint density at radius 2 is 2.05 bits per heavy atom. The van der Waals surface area contributed by atoms with Gasteiger partial charge in [-0.25, -0.2) is 9.97 Å². The van der Waals surface area contributed by atoms with E-state index in [1.807, 2.05) is 29.6 Å². The molecule has 2 aromatic heterocycles. The van der Waals surface area contributed by atoms with Crippen molar-refractivity contribution in [2.75, 3.05) is 5.75 Å². The number of benzene rings is 1. The second-order valence-electron chi connectivity index (χ2n) is 4.49. The lowest BCUT2D eigenvalue weighted by Crippen LogP contribution is -2.22. The van der Waals surface area contributed by atoms with Crippen LogP contribution in [0.3, 0.4) is 0 Å². The van der Waals surface area contributed by atoms with Crippen molar-refractivity contribution in [3.05, 3.63) is 41.0 Å². The van der Waals surface area contributed by atoms with Crippen molar-refractivity contribution in [2.24, 2.45) is 0 Å². The summed E-state index contributed by atoms with van der Waals surface area (Å²) < 4.78 is 0. The number of thiophene rings is 1. The van der Waals surface area contributed by atoms with Crippen LogP contribution < -0.4 is 5.11 Å². The lowest BCUT2D eigenvalue weighted by atomic mass is 10.1. The first kappa shape index (κ1) is 15.3. The van der Waals surface area contributed by atoms with Gasteiger partial charge < -0.3 is 9.90 Å². The first-order chi connectivity index (χ1) is 10.6. The van der Waals surface area contributed by atoms with Crippen molar-refractivity contribution >= 4 is 50.9 Å². The number of aliphatic carboxylic acids is 1. The van der Waals surface area contributed by atoms with Gasteiger partial charge in [-0.05, 0) is 24.1 Å². The van der Waals surface area contributed by atoms with E-state index in [9.17, 15) is 9.90 Å². The number of fused-ring (bicyclic) bond motifs is 1. The maximum absolute atomic E-state index is 10.6. The smallest absolute Gasteiger partial charge is 0.128 e. The number of nitrogens with zero attached hydrogens (tertiary/aromatic N) is 2. The molecule has 3 aromatic rings. The number of rotatable bonds is 5. The van der Waals surface area contributed by atoms with Gasteiger partial charge in [0, 0.05) is 27.7 Å². The predicted octanol–water partition coefficient (Wildman–Crippen LogP) is 3.24. The zero-order valence-electron chi connectivity index (χ0n) is 11.3. The molecule has 0 bridgehead atoms. The molecular formula is C15H10ClN2O2S2-. The number of carboxylic acids is 1. The minimum atomic E-state index is -1.05. The molecule has 1 aromatic carbocycles. The standard InChI is InChI=1S/C15H11ClN2O2S2/c16-10-3-1-9(2-4-10)11-7-22-15-13(11)14(17-8-18-15)21-6-5-12(19)20/h1-4,7-8H,5-6H2,(H,19,20)/p-1. The fourth-order valence-electron chi connectivity index (χ4n) is 2.03. The molecule has 0 spiro atoms. The van der Waals surface area contributed by atoms with E-state index in [0.717, 1.165) is 26.4 Å². The highest BCUT2D eigenvalue weighted by Gasteiger charge is 2.13. The minimum Gasteiger partial charge on any atom is -0.550 e. The first-order valence-corrected chi connectivity index (χ1v) is 8.70. The van der Waals surface area contributed by atoms with Gasteiger partial charge in [-0.15, -0.1) is 23.1 Å². The summed E-state index contributed by atoms with van der Waals surface area (Å²) in [5.41, 5.74) is 2.07.